The van der Waals surface area contributed by atoms with E-state index in [1.807, 2.05) is 19.1 Å². The van der Waals surface area contributed by atoms with Crippen LogP contribution >= 0.6 is 0 Å². The van der Waals surface area contributed by atoms with Crippen LogP contribution in [0.5, 0.6) is 0 Å². The second kappa shape index (κ2) is 12.7. The standard InChI is InChI=1S/C13H20O2/c1-2-3-4-5-6-7-8-9-10-11-12-15-13-14/h2-3,6-7,10-11,13H,4-5,8-9,12H2,1H3/b3-2+,7-6+,11-10+. The fraction of sp³-hybridized carbons (Fsp3) is 0.462. The maximum Gasteiger partial charge on any atom is 0.293 e. The van der Waals surface area contributed by atoms with Crippen LogP contribution in [0, 0.1) is 0 Å². The summed E-state index contributed by atoms with van der Waals surface area (Å²) in [5.74, 6) is 0. The fourth-order valence-corrected chi connectivity index (χ4v) is 1.07. The van der Waals surface area contributed by atoms with E-state index in [0.29, 0.717) is 13.1 Å². The van der Waals surface area contributed by atoms with Crippen molar-refractivity contribution >= 4 is 6.47 Å². The van der Waals surface area contributed by atoms with Gasteiger partial charge in [0.1, 0.15) is 6.61 Å². The van der Waals surface area contributed by atoms with Crippen LogP contribution in [-0.4, -0.2) is 13.1 Å². The second-order valence-electron chi connectivity index (χ2n) is 3.10. The van der Waals surface area contributed by atoms with Gasteiger partial charge >= 0.3 is 0 Å². The summed E-state index contributed by atoms with van der Waals surface area (Å²) in [4.78, 5) is 9.79. The highest BCUT2D eigenvalue weighted by molar-refractivity contribution is 5.37. The first-order valence-electron chi connectivity index (χ1n) is 5.38. The molecule has 0 N–H and O–H groups in total. The van der Waals surface area contributed by atoms with Crippen LogP contribution in [0.15, 0.2) is 36.5 Å². The van der Waals surface area contributed by atoms with E-state index < -0.39 is 0 Å². The van der Waals surface area contributed by atoms with Crippen molar-refractivity contribution < 1.29 is 9.53 Å². The third kappa shape index (κ3) is 12.7. The molecule has 84 valence electrons. The minimum atomic E-state index is 0.383. The molecule has 0 aliphatic rings. The molecule has 0 unspecified atom stereocenters. The number of ether oxygens (including phenoxy) is 1. The van der Waals surface area contributed by atoms with Gasteiger partial charge in [-0.2, -0.15) is 0 Å². The summed E-state index contributed by atoms with van der Waals surface area (Å²) in [6.07, 6.45) is 16.8. The van der Waals surface area contributed by atoms with Crippen molar-refractivity contribution in [3.63, 3.8) is 0 Å². The normalized spacial score (nSPS) is 11.8. The van der Waals surface area contributed by atoms with E-state index in [1.165, 1.54) is 0 Å². The van der Waals surface area contributed by atoms with E-state index >= 15 is 0 Å². The maximum atomic E-state index is 9.79. The molecule has 0 bridgehead atoms. The van der Waals surface area contributed by atoms with Gasteiger partial charge < -0.3 is 4.74 Å². The van der Waals surface area contributed by atoms with Gasteiger partial charge in [-0.3, -0.25) is 4.79 Å². The van der Waals surface area contributed by atoms with Crippen molar-refractivity contribution in [3.05, 3.63) is 36.5 Å². The van der Waals surface area contributed by atoms with Crippen molar-refractivity contribution in [2.24, 2.45) is 0 Å². The van der Waals surface area contributed by atoms with Crippen molar-refractivity contribution in [3.8, 4) is 0 Å². The Kier molecular flexibility index (Phi) is 11.6. The highest BCUT2D eigenvalue weighted by Crippen LogP contribution is 1.97. The van der Waals surface area contributed by atoms with E-state index in [-0.39, 0.29) is 0 Å². The zero-order valence-electron chi connectivity index (χ0n) is 9.39. The summed E-state index contributed by atoms with van der Waals surface area (Å²) in [6, 6.07) is 0. The predicted octanol–water partition coefficient (Wildman–Crippen LogP) is 3.41. The smallest absolute Gasteiger partial charge is 0.293 e. The van der Waals surface area contributed by atoms with E-state index in [4.69, 9.17) is 0 Å². The van der Waals surface area contributed by atoms with Crippen molar-refractivity contribution in [1.29, 1.82) is 0 Å². The van der Waals surface area contributed by atoms with Gasteiger partial charge in [-0.25, -0.2) is 0 Å². The number of carbonyl (C=O) groups excluding carboxylic acids is 1. The zero-order chi connectivity index (χ0) is 11.2. The molecule has 0 aromatic carbocycles. The molecule has 0 aliphatic carbocycles. The molecular formula is C13H20O2. The number of unbranched alkanes of at least 4 members (excludes halogenated alkanes) is 2. The molecule has 0 amide bonds. The summed E-state index contributed by atoms with van der Waals surface area (Å²) >= 11 is 0. The highest BCUT2D eigenvalue weighted by atomic mass is 16.5. The van der Waals surface area contributed by atoms with Crippen LogP contribution in [0.3, 0.4) is 0 Å². The summed E-state index contributed by atoms with van der Waals surface area (Å²) < 4.78 is 4.51. The quantitative estimate of drug-likeness (QED) is 0.330. The van der Waals surface area contributed by atoms with Crippen LogP contribution in [0.2, 0.25) is 0 Å². The fourth-order valence-electron chi connectivity index (χ4n) is 1.07. The Bertz CT molecular complexity index is 215. The first-order valence-corrected chi connectivity index (χ1v) is 5.38. The van der Waals surface area contributed by atoms with Crippen LogP contribution in [-0.2, 0) is 9.53 Å². The molecule has 0 aromatic heterocycles. The minimum absolute atomic E-state index is 0.383. The highest BCUT2D eigenvalue weighted by Gasteiger charge is 1.79. The maximum absolute atomic E-state index is 9.79. The van der Waals surface area contributed by atoms with Gasteiger partial charge in [-0.15, -0.1) is 0 Å². The lowest BCUT2D eigenvalue weighted by atomic mass is 10.2. The van der Waals surface area contributed by atoms with Crippen LogP contribution in [0.25, 0.3) is 0 Å². The number of hydrogen-bond donors (Lipinski definition) is 0. The molecule has 15 heavy (non-hydrogen) atoms. The molecule has 0 spiro atoms. The van der Waals surface area contributed by atoms with Gasteiger partial charge in [0.05, 0.1) is 0 Å². The SMILES string of the molecule is C/C=C/CC/C=C/CC/C=C/COC=O. The predicted molar refractivity (Wildman–Crippen MR) is 63.6 cm³/mol. The molecule has 0 aromatic rings. The van der Waals surface area contributed by atoms with Gasteiger partial charge in [-0.05, 0) is 32.6 Å². The molecule has 0 fully saturated rings. The van der Waals surface area contributed by atoms with Crippen LogP contribution in [0.4, 0.5) is 0 Å². The Morgan fingerprint density at radius 3 is 1.93 bits per heavy atom. The lowest BCUT2D eigenvalue weighted by Crippen LogP contribution is -1.84. The molecule has 2 heteroatoms. The lowest BCUT2D eigenvalue weighted by molar-refractivity contribution is -0.127. The average Bonchev–Trinajstić information content (AvgIpc) is 2.26. The summed E-state index contributed by atoms with van der Waals surface area (Å²) in [5, 5.41) is 0. The van der Waals surface area contributed by atoms with Gasteiger partial charge in [-0.1, -0.05) is 36.5 Å². The van der Waals surface area contributed by atoms with Gasteiger partial charge in [0.2, 0.25) is 0 Å². The molecule has 0 radical (unpaired) electrons. The first-order chi connectivity index (χ1) is 7.41. The summed E-state index contributed by atoms with van der Waals surface area (Å²) in [6.45, 7) is 2.88. The Morgan fingerprint density at radius 2 is 1.40 bits per heavy atom. The van der Waals surface area contributed by atoms with Crippen molar-refractivity contribution in [2.45, 2.75) is 32.6 Å². The van der Waals surface area contributed by atoms with Crippen molar-refractivity contribution in [1.82, 2.24) is 0 Å². The lowest BCUT2D eigenvalue weighted by Gasteiger charge is -1.90. The molecule has 0 saturated heterocycles. The Morgan fingerprint density at radius 1 is 0.867 bits per heavy atom. The number of carbonyl (C=O) groups is 1. The number of hydrogen-bond acceptors (Lipinski definition) is 2. The second-order valence-corrected chi connectivity index (χ2v) is 3.10. The van der Waals surface area contributed by atoms with Crippen LogP contribution < -0.4 is 0 Å². The number of allylic oxidation sites excluding steroid dienone is 5. The molecule has 0 heterocycles. The number of rotatable bonds is 9. The van der Waals surface area contributed by atoms with E-state index in [9.17, 15) is 4.79 Å². The molecule has 0 atom stereocenters. The average molecular weight is 208 g/mol. The topological polar surface area (TPSA) is 26.3 Å². The molecule has 2 nitrogen and oxygen atoms in total. The molecule has 0 rings (SSSR count). The van der Waals surface area contributed by atoms with E-state index in [1.54, 1.807) is 0 Å². The summed E-state index contributed by atoms with van der Waals surface area (Å²) in [7, 11) is 0. The molecule has 0 saturated carbocycles. The van der Waals surface area contributed by atoms with Gasteiger partial charge in [0, 0.05) is 0 Å². The minimum Gasteiger partial charge on any atom is -0.464 e. The van der Waals surface area contributed by atoms with Gasteiger partial charge in [0.15, 0.2) is 0 Å². The van der Waals surface area contributed by atoms with E-state index in [2.05, 4.69) is 29.0 Å². The molecular weight excluding hydrogens is 188 g/mol. The third-order valence-corrected chi connectivity index (χ3v) is 1.83. The van der Waals surface area contributed by atoms with Crippen LogP contribution in [0.1, 0.15) is 32.6 Å². The zero-order valence-corrected chi connectivity index (χ0v) is 9.39. The Balaban J connectivity index is 3.22. The first kappa shape index (κ1) is 13.7. The Labute approximate surface area is 92.3 Å². The Hall–Kier alpha value is -1.31. The monoisotopic (exact) mass is 208 g/mol. The van der Waals surface area contributed by atoms with E-state index in [0.717, 1.165) is 25.7 Å². The third-order valence-electron chi connectivity index (χ3n) is 1.83. The largest absolute Gasteiger partial charge is 0.464 e. The van der Waals surface area contributed by atoms with Gasteiger partial charge in [0.25, 0.3) is 6.47 Å². The molecule has 0 aliphatic heterocycles. The van der Waals surface area contributed by atoms with Crippen molar-refractivity contribution in [2.75, 3.05) is 6.61 Å². The summed E-state index contributed by atoms with van der Waals surface area (Å²) in [5.41, 5.74) is 0.